The van der Waals surface area contributed by atoms with Gasteiger partial charge in [0.05, 0.1) is 5.02 Å². The lowest BCUT2D eigenvalue weighted by Crippen LogP contribution is -2.17. The number of carboxylic acids is 1. The van der Waals surface area contributed by atoms with Gasteiger partial charge in [0.1, 0.15) is 17.4 Å². The second kappa shape index (κ2) is 5.42. The number of hydrogen-bond donors (Lipinski definition) is 1. The number of aryl methyl sites for hydroxylation is 1. The summed E-state index contributed by atoms with van der Waals surface area (Å²) in [5.41, 5.74) is 3.01. The van der Waals surface area contributed by atoms with Crippen molar-refractivity contribution < 1.29 is 9.90 Å². The van der Waals surface area contributed by atoms with E-state index in [2.05, 4.69) is 9.97 Å². The first-order chi connectivity index (χ1) is 10.5. The Labute approximate surface area is 132 Å². The summed E-state index contributed by atoms with van der Waals surface area (Å²) in [7, 11) is 0. The normalized spacial score (nSPS) is 12.5. The molecule has 0 radical (unpaired) electrons. The minimum absolute atomic E-state index is 0.468. The molecule has 1 unspecified atom stereocenters. The molecule has 3 rings (SSSR count). The average molecular weight is 316 g/mol. The molecule has 112 valence electrons. The lowest BCUT2D eigenvalue weighted by Gasteiger charge is -2.13. The number of halogens is 1. The van der Waals surface area contributed by atoms with Crippen LogP contribution in [-0.2, 0) is 4.79 Å². The molecule has 6 heteroatoms. The van der Waals surface area contributed by atoms with Crippen LogP contribution in [0.3, 0.4) is 0 Å². The Kier molecular flexibility index (Phi) is 3.58. The van der Waals surface area contributed by atoms with Crippen LogP contribution in [0, 0.1) is 6.92 Å². The number of carboxylic acid groups (broad SMARTS) is 1. The van der Waals surface area contributed by atoms with Gasteiger partial charge in [-0.2, -0.15) is 0 Å². The van der Waals surface area contributed by atoms with Gasteiger partial charge in [0.2, 0.25) is 0 Å². The summed E-state index contributed by atoms with van der Waals surface area (Å²) in [6.07, 6.45) is 1.50. The van der Waals surface area contributed by atoms with E-state index < -0.39 is 12.0 Å². The van der Waals surface area contributed by atoms with Crippen molar-refractivity contribution in [3.8, 4) is 11.4 Å². The standard InChI is InChI=1S/C16H14ClN3O2/c1-9-4-3-5-11(6-9)14-19-13-7-12(17)8-18-15(13)20(14)10(2)16(21)22/h3-8,10H,1-2H3,(H,21,22). The molecule has 0 saturated heterocycles. The predicted molar refractivity (Wildman–Crippen MR) is 85.1 cm³/mol. The van der Waals surface area contributed by atoms with Crippen molar-refractivity contribution in [2.45, 2.75) is 19.9 Å². The molecule has 0 spiro atoms. The Morgan fingerprint density at radius 2 is 2.14 bits per heavy atom. The largest absolute Gasteiger partial charge is 0.480 e. The van der Waals surface area contributed by atoms with Crippen LogP contribution in [0.15, 0.2) is 36.5 Å². The lowest BCUT2D eigenvalue weighted by atomic mass is 10.1. The third-order valence-electron chi connectivity index (χ3n) is 3.52. The van der Waals surface area contributed by atoms with Crippen LogP contribution in [0.1, 0.15) is 18.5 Å². The van der Waals surface area contributed by atoms with Gasteiger partial charge >= 0.3 is 5.97 Å². The molecule has 0 saturated carbocycles. The highest BCUT2D eigenvalue weighted by molar-refractivity contribution is 6.31. The van der Waals surface area contributed by atoms with Gasteiger partial charge in [-0.15, -0.1) is 0 Å². The highest BCUT2D eigenvalue weighted by Gasteiger charge is 2.22. The summed E-state index contributed by atoms with van der Waals surface area (Å²) in [5.74, 6) is -0.367. The highest BCUT2D eigenvalue weighted by Crippen LogP contribution is 2.29. The monoisotopic (exact) mass is 315 g/mol. The molecular weight excluding hydrogens is 302 g/mol. The summed E-state index contributed by atoms with van der Waals surface area (Å²) in [5, 5.41) is 9.86. The maximum absolute atomic E-state index is 11.5. The summed E-state index contributed by atoms with van der Waals surface area (Å²) >= 11 is 5.97. The summed E-state index contributed by atoms with van der Waals surface area (Å²) < 4.78 is 1.63. The van der Waals surface area contributed by atoms with Crippen LogP contribution in [0.4, 0.5) is 0 Å². The average Bonchev–Trinajstić information content (AvgIpc) is 2.84. The van der Waals surface area contributed by atoms with Gasteiger partial charge in [0.25, 0.3) is 0 Å². The second-order valence-electron chi connectivity index (χ2n) is 5.19. The molecule has 3 aromatic rings. The Bertz CT molecular complexity index is 873. The molecule has 0 amide bonds. The number of fused-ring (bicyclic) bond motifs is 1. The Hall–Kier alpha value is -2.40. The number of aliphatic carboxylic acids is 1. The van der Waals surface area contributed by atoms with Crippen molar-refractivity contribution in [1.82, 2.24) is 14.5 Å². The number of carbonyl (C=O) groups is 1. The van der Waals surface area contributed by atoms with E-state index in [1.54, 1.807) is 17.6 Å². The van der Waals surface area contributed by atoms with Crippen molar-refractivity contribution >= 4 is 28.7 Å². The quantitative estimate of drug-likeness (QED) is 0.800. The third-order valence-corrected chi connectivity index (χ3v) is 3.72. The first-order valence-electron chi connectivity index (χ1n) is 6.80. The van der Waals surface area contributed by atoms with Crippen LogP contribution in [0.25, 0.3) is 22.6 Å². The van der Waals surface area contributed by atoms with Crippen molar-refractivity contribution in [1.29, 1.82) is 0 Å². The van der Waals surface area contributed by atoms with E-state index in [9.17, 15) is 9.90 Å². The smallest absolute Gasteiger partial charge is 0.326 e. The molecular formula is C16H14ClN3O2. The van der Waals surface area contributed by atoms with Gasteiger partial charge in [-0.25, -0.2) is 14.8 Å². The number of pyridine rings is 1. The summed E-state index contributed by atoms with van der Waals surface area (Å²) in [6.45, 7) is 3.59. The molecule has 0 fully saturated rings. The minimum Gasteiger partial charge on any atom is -0.480 e. The molecule has 22 heavy (non-hydrogen) atoms. The van der Waals surface area contributed by atoms with Crippen molar-refractivity contribution in [3.05, 3.63) is 47.1 Å². The van der Waals surface area contributed by atoms with Gasteiger partial charge in [0, 0.05) is 11.8 Å². The zero-order chi connectivity index (χ0) is 15.9. The minimum atomic E-state index is -0.940. The fourth-order valence-corrected chi connectivity index (χ4v) is 2.57. The number of aromatic nitrogens is 3. The summed E-state index contributed by atoms with van der Waals surface area (Å²) in [4.78, 5) is 20.3. The maximum Gasteiger partial charge on any atom is 0.326 e. The first-order valence-corrected chi connectivity index (χ1v) is 7.18. The first kappa shape index (κ1) is 14.5. The maximum atomic E-state index is 11.5. The van der Waals surface area contributed by atoms with Gasteiger partial charge in [-0.1, -0.05) is 35.4 Å². The zero-order valence-corrected chi connectivity index (χ0v) is 12.9. The summed E-state index contributed by atoms with van der Waals surface area (Å²) in [6, 6.07) is 8.67. The molecule has 2 heterocycles. The van der Waals surface area contributed by atoms with Crippen molar-refractivity contribution in [2.75, 3.05) is 0 Å². The SMILES string of the molecule is Cc1cccc(-c2nc3cc(Cl)cnc3n2C(C)C(=O)O)c1. The Morgan fingerprint density at radius 1 is 1.36 bits per heavy atom. The van der Waals surface area contributed by atoms with Crippen molar-refractivity contribution in [2.24, 2.45) is 0 Å². The molecule has 0 aliphatic carbocycles. The zero-order valence-electron chi connectivity index (χ0n) is 12.1. The van der Waals surface area contributed by atoms with Gasteiger partial charge in [0.15, 0.2) is 5.65 Å². The molecule has 0 aliphatic rings. The fraction of sp³-hybridized carbons (Fsp3) is 0.188. The van der Waals surface area contributed by atoms with E-state index in [1.807, 2.05) is 31.2 Å². The second-order valence-corrected chi connectivity index (χ2v) is 5.62. The molecule has 1 aromatic carbocycles. The molecule has 0 bridgehead atoms. The van der Waals surface area contributed by atoms with Crippen LogP contribution in [-0.4, -0.2) is 25.6 Å². The van der Waals surface area contributed by atoms with Gasteiger partial charge < -0.3 is 5.11 Å². The number of benzene rings is 1. The predicted octanol–water partition coefficient (Wildman–Crippen LogP) is 3.71. The van der Waals surface area contributed by atoms with E-state index in [4.69, 9.17) is 11.6 Å². The van der Waals surface area contributed by atoms with Gasteiger partial charge in [-0.05, 0) is 26.0 Å². The van der Waals surface area contributed by atoms with E-state index >= 15 is 0 Å². The van der Waals surface area contributed by atoms with Crippen LogP contribution < -0.4 is 0 Å². The topological polar surface area (TPSA) is 68.0 Å². The highest BCUT2D eigenvalue weighted by atomic mass is 35.5. The van der Waals surface area contributed by atoms with Crippen LogP contribution in [0.5, 0.6) is 0 Å². The van der Waals surface area contributed by atoms with Crippen molar-refractivity contribution in [3.63, 3.8) is 0 Å². The van der Waals surface area contributed by atoms with E-state index in [-0.39, 0.29) is 0 Å². The molecule has 1 N–H and O–H groups in total. The fourth-order valence-electron chi connectivity index (χ4n) is 2.42. The lowest BCUT2D eigenvalue weighted by molar-refractivity contribution is -0.140. The van der Waals surface area contributed by atoms with E-state index in [0.717, 1.165) is 11.1 Å². The third kappa shape index (κ3) is 2.44. The van der Waals surface area contributed by atoms with Gasteiger partial charge in [-0.3, -0.25) is 4.57 Å². The van der Waals surface area contributed by atoms with E-state index in [1.165, 1.54) is 6.20 Å². The van der Waals surface area contributed by atoms with E-state index in [0.29, 0.717) is 22.0 Å². The Morgan fingerprint density at radius 3 is 2.82 bits per heavy atom. The Balaban J connectivity index is 2.33. The molecule has 1 atom stereocenters. The number of rotatable bonds is 3. The molecule has 2 aromatic heterocycles. The molecule has 0 aliphatic heterocycles. The van der Waals surface area contributed by atoms with Crippen LogP contribution in [0.2, 0.25) is 5.02 Å². The molecule has 5 nitrogen and oxygen atoms in total. The van der Waals surface area contributed by atoms with Crippen LogP contribution >= 0.6 is 11.6 Å². The number of nitrogens with zero attached hydrogens (tertiary/aromatic N) is 3. The number of imidazole rings is 1. The number of hydrogen-bond acceptors (Lipinski definition) is 3.